The summed E-state index contributed by atoms with van der Waals surface area (Å²) in [5.74, 6) is 0. The highest BCUT2D eigenvalue weighted by Gasteiger charge is 2.46. The first kappa shape index (κ1) is 11.1. The summed E-state index contributed by atoms with van der Waals surface area (Å²) in [4.78, 5) is 2.39. The van der Waals surface area contributed by atoms with Crippen molar-refractivity contribution in [3.05, 3.63) is 11.9 Å². The van der Waals surface area contributed by atoms with Crippen molar-refractivity contribution in [3.63, 3.8) is 0 Å². The van der Waals surface area contributed by atoms with Crippen LogP contribution in [0.4, 0.5) is 4.39 Å². The fourth-order valence-electron chi connectivity index (χ4n) is 2.77. The van der Waals surface area contributed by atoms with Crippen LogP contribution in [-0.2, 0) is 4.74 Å². The first-order valence-corrected chi connectivity index (χ1v) is 5.81. The second-order valence-electron chi connectivity index (χ2n) is 5.05. The van der Waals surface area contributed by atoms with E-state index in [1.807, 2.05) is 0 Å². The van der Waals surface area contributed by atoms with Gasteiger partial charge in [-0.25, -0.2) is 4.39 Å². The molecule has 0 unspecified atom stereocenters. The molecule has 86 valence electrons. The summed E-state index contributed by atoms with van der Waals surface area (Å²) in [7, 11) is 0. The van der Waals surface area contributed by atoms with Gasteiger partial charge in [-0.2, -0.15) is 0 Å². The Balaban J connectivity index is 2.04. The lowest BCUT2D eigenvalue weighted by Crippen LogP contribution is -2.43. The number of nitrogens with zero attached hydrogens (tertiary/aromatic N) is 1. The number of halogens is 1. The van der Waals surface area contributed by atoms with Gasteiger partial charge in [0.05, 0.1) is 19.0 Å². The molecule has 2 heterocycles. The summed E-state index contributed by atoms with van der Waals surface area (Å²) in [6.45, 7) is 6.76. The van der Waals surface area contributed by atoms with Crippen LogP contribution in [0.15, 0.2) is 11.9 Å². The minimum Gasteiger partial charge on any atom is -0.377 e. The van der Waals surface area contributed by atoms with Crippen LogP contribution in [0.5, 0.6) is 0 Å². The van der Waals surface area contributed by atoms with Crippen LogP contribution in [0.25, 0.3) is 0 Å². The smallest absolute Gasteiger partial charge is 0.0872 e. The van der Waals surface area contributed by atoms with Gasteiger partial charge >= 0.3 is 0 Å². The Kier molecular flexibility index (Phi) is 3.12. The third-order valence-corrected chi connectivity index (χ3v) is 3.53. The van der Waals surface area contributed by atoms with Crippen LogP contribution in [0, 0.1) is 0 Å². The predicted molar refractivity (Wildman–Crippen MR) is 58.4 cm³/mol. The lowest BCUT2D eigenvalue weighted by atomic mass is 9.94. The van der Waals surface area contributed by atoms with Crippen molar-refractivity contribution in [1.82, 2.24) is 4.90 Å². The number of hydrogen-bond donors (Lipinski definition) is 0. The molecule has 0 saturated carbocycles. The second-order valence-corrected chi connectivity index (χ2v) is 5.05. The van der Waals surface area contributed by atoms with Crippen molar-refractivity contribution < 1.29 is 9.13 Å². The zero-order valence-electron chi connectivity index (χ0n) is 9.63. The molecule has 0 aliphatic carbocycles. The molecule has 15 heavy (non-hydrogen) atoms. The molecule has 0 aromatic heterocycles. The Bertz CT molecular complexity index is 264. The molecule has 0 bridgehead atoms. The van der Waals surface area contributed by atoms with E-state index < -0.39 is 0 Å². The van der Waals surface area contributed by atoms with E-state index in [4.69, 9.17) is 4.74 Å². The van der Waals surface area contributed by atoms with E-state index in [1.165, 1.54) is 6.42 Å². The van der Waals surface area contributed by atoms with Gasteiger partial charge in [0.15, 0.2) is 0 Å². The van der Waals surface area contributed by atoms with Crippen molar-refractivity contribution in [1.29, 1.82) is 0 Å². The van der Waals surface area contributed by atoms with Gasteiger partial charge in [0.25, 0.3) is 0 Å². The Morgan fingerprint density at radius 3 is 3.07 bits per heavy atom. The van der Waals surface area contributed by atoms with Gasteiger partial charge in [-0.15, -0.1) is 0 Å². The van der Waals surface area contributed by atoms with Crippen LogP contribution >= 0.6 is 0 Å². The molecule has 0 radical (unpaired) electrons. The summed E-state index contributed by atoms with van der Waals surface area (Å²) < 4.78 is 18.3. The van der Waals surface area contributed by atoms with Crippen molar-refractivity contribution in [3.8, 4) is 0 Å². The molecule has 0 spiro atoms. The van der Waals surface area contributed by atoms with Crippen molar-refractivity contribution in [2.24, 2.45) is 0 Å². The largest absolute Gasteiger partial charge is 0.377 e. The molecular formula is C12H20FNO. The highest BCUT2D eigenvalue weighted by atomic mass is 19.1. The molecule has 0 aromatic carbocycles. The third kappa shape index (κ3) is 2.08. The number of fused-ring (bicyclic) bond motifs is 1. The monoisotopic (exact) mass is 213 g/mol. The molecule has 0 amide bonds. The lowest BCUT2D eigenvalue weighted by molar-refractivity contribution is 0.00328. The normalized spacial score (nSPS) is 34.3. The maximum absolute atomic E-state index is 12.5. The number of hydrogen-bond acceptors (Lipinski definition) is 2. The van der Waals surface area contributed by atoms with Crippen LogP contribution in [-0.4, -0.2) is 36.2 Å². The van der Waals surface area contributed by atoms with E-state index in [9.17, 15) is 4.39 Å². The minimum atomic E-state index is 0.113. The Labute approximate surface area is 91.1 Å². The molecule has 2 aliphatic rings. The number of ether oxygens (including phenoxy) is 1. The Morgan fingerprint density at radius 2 is 2.40 bits per heavy atom. The summed E-state index contributed by atoms with van der Waals surface area (Å²) in [6.07, 6.45) is 4.28. The van der Waals surface area contributed by atoms with Crippen molar-refractivity contribution in [2.45, 2.75) is 44.8 Å². The summed E-state index contributed by atoms with van der Waals surface area (Å²) in [6, 6.07) is 0. The first-order chi connectivity index (χ1) is 7.16. The average Bonchev–Trinajstić information content (AvgIpc) is 2.70. The van der Waals surface area contributed by atoms with E-state index in [0.29, 0.717) is 0 Å². The maximum atomic E-state index is 12.5. The zero-order valence-corrected chi connectivity index (χ0v) is 9.63. The predicted octanol–water partition coefficient (Wildman–Crippen LogP) is 2.50. The maximum Gasteiger partial charge on any atom is 0.0872 e. The van der Waals surface area contributed by atoms with Gasteiger partial charge in [0.1, 0.15) is 0 Å². The van der Waals surface area contributed by atoms with E-state index >= 15 is 0 Å². The molecule has 2 fully saturated rings. The standard InChI is InChI=1S/C12H20FNO/c1-10(2)15-9-12-4-3-5-14(12)8-11(6-12)7-13/h7,10H,3-6,8-9H2,1-2H3/b11-7+/t12-/m1/s1. The van der Waals surface area contributed by atoms with Gasteiger partial charge in [0, 0.05) is 12.1 Å². The molecule has 3 heteroatoms. The van der Waals surface area contributed by atoms with E-state index in [0.717, 1.165) is 44.4 Å². The fourth-order valence-corrected chi connectivity index (χ4v) is 2.77. The second kappa shape index (κ2) is 4.22. The van der Waals surface area contributed by atoms with Crippen molar-refractivity contribution in [2.75, 3.05) is 19.7 Å². The SMILES string of the molecule is CC(C)OC[C@]12CCCN1C/C(=C/F)C2. The molecule has 0 aromatic rings. The quantitative estimate of drug-likeness (QED) is 0.714. The molecular weight excluding hydrogens is 193 g/mol. The summed E-state index contributed by atoms with van der Waals surface area (Å²) in [5.41, 5.74) is 1.05. The molecule has 1 atom stereocenters. The number of rotatable bonds is 3. The van der Waals surface area contributed by atoms with Crippen LogP contribution in [0.3, 0.4) is 0 Å². The van der Waals surface area contributed by atoms with Gasteiger partial charge in [-0.1, -0.05) is 0 Å². The summed E-state index contributed by atoms with van der Waals surface area (Å²) in [5, 5.41) is 0. The minimum absolute atomic E-state index is 0.113. The zero-order chi connectivity index (χ0) is 10.9. The highest BCUT2D eigenvalue weighted by molar-refractivity contribution is 5.19. The summed E-state index contributed by atoms with van der Waals surface area (Å²) >= 11 is 0. The molecule has 2 rings (SSSR count). The van der Waals surface area contributed by atoms with Gasteiger partial charge in [-0.3, -0.25) is 4.90 Å². The lowest BCUT2D eigenvalue weighted by Gasteiger charge is -2.32. The molecule has 2 saturated heterocycles. The third-order valence-electron chi connectivity index (χ3n) is 3.53. The van der Waals surface area contributed by atoms with Gasteiger partial charge in [0.2, 0.25) is 0 Å². The van der Waals surface area contributed by atoms with E-state index in [1.54, 1.807) is 0 Å². The Morgan fingerprint density at radius 1 is 1.60 bits per heavy atom. The fraction of sp³-hybridized carbons (Fsp3) is 0.833. The van der Waals surface area contributed by atoms with Crippen LogP contribution < -0.4 is 0 Å². The molecule has 0 N–H and O–H groups in total. The van der Waals surface area contributed by atoms with Gasteiger partial charge < -0.3 is 4.74 Å². The Hall–Kier alpha value is -0.410. The van der Waals surface area contributed by atoms with Crippen LogP contribution in [0.1, 0.15) is 33.1 Å². The average molecular weight is 213 g/mol. The topological polar surface area (TPSA) is 12.5 Å². The van der Waals surface area contributed by atoms with E-state index in [-0.39, 0.29) is 11.6 Å². The first-order valence-electron chi connectivity index (χ1n) is 5.81. The highest BCUT2D eigenvalue weighted by Crippen LogP contribution is 2.41. The van der Waals surface area contributed by atoms with Crippen molar-refractivity contribution >= 4 is 0 Å². The van der Waals surface area contributed by atoms with E-state index in [2.05, 4.69) is 18.7 Å². The van der Waals surface area contributed by atoms with Crippen LogP contribution in [0.2, 0.25) is 0 Å². The molecule has 2 nitrogen and oxygen atoms in total. The van der Waals surface area contributed by atoms with Gasteiger partial charge in [-0.05, 0) is 45.2 Å². The molecule has 2 aliphatic heterocycles.